The molecule has 1 atom stereocenters. The van der Waals surface area contributed by atoms with Crippen LogP contribution in [0.5, 0.6) is 11.5 Å². The van der Waals surface area contributed by atoms with Crippen LogP contribution in [0.4, 0.5) is 24.5 Å². The van der Waals surface area contributed by atoms with Gasteiger partial charge in [-0.1, -0.05) is 0 Å². The van der Waals surface area contributed by atoms with Crippen LogP contribution < -0.4 is 19.7 Å². The van der Waals surface area contributed by atoms with E-state index in [0.29, 0.717) is 17.2 Å². The lowest BCUT2D eigenvalue weighted by Crippen LogP contribution is -2.28. The Morgan fingerprint density at radius 1 is 1.12 bits per heavy atom. The maximum absolute atomic E-state index is 13.3. The van der Waals surface area contributed by atoms with Gasteiger partial charge in [0.05, 0.1) is 22.9 Å². The zero-order valence-electron chi connectivity index (χ0n) is 17.0. The molecule has 0 aliphatic carbocycles. The highest BCUT2D eigenvalue weighted by atomic mass is 19.4. The van der Waals surface area contributed by atoms with Gasteiger partial charge < -0.3 is 19.7 Å². The highest BCUT2D eigenvalue weighted by Crippen LogP contribution is 2.38. The van der Waals surface area contributed by atoms with E-state index in [1.54, 1.807) is 30.5 Å². The molecule has 8 nitrogen and oxygen atoms in total. The quantitative estimate of drug-likeness (QED) is 0.646. The van der Waals surface area contributed by atoms with E-state index in [0.717, 1.165) is 12.1 Å². The Morgan fingerprint density at radius 2 is 1.94 bits per heavy atom. The number of halogens is 3. The molecule has 3 aromatic rings. The number of hydrogen-bond donors (Lipinski definition) is 1. The first-order valence-corrected chi connectivity index (χ1v) is 10.0. The molecule has 2 amide bonds. The number of rotatable bonds is 4. The molecule has 0 radical (unpaired) electrons. The summed E-state index contributed by atoms with van der Waals surface area (Å²) in [6.45, 7) is 0.174. The summed E-state index contributed by atoms with van der Waals surface area (Å²) in [4.78, 5) is 27.0. The Labute approximate surface area is 185 Å². The molecule has 1 N–H and O–H groups in total. The third-order valence-corrected chi connectivity index (χ3v) is 5.50. The van der Waals surface area contributed by atoms with Crippen LogP contribution in [0, 0.1) is 5.92 Å². The SMILES string of the molecule is O=C(Nc1cc(C(F)(F)F)ccc1-n1cccn1)C1CC(=O)N(c2ccc3c(c2)OCO3)C1. The van der Waals surface area contributed by atoms with Gasteiger partial charge in [0.2, 0.25) is 18.6 Å². The first-order chi connectivity index (χ1) is 15.8. The van der Waals surface area contributed by atoms with E-state index in [1.165, 1.54) is 21.8 Å². The fourth-order valence-electron chi connectivity index (χ4n) is 3.84. The Hall–Kier alpha value is -4.02. The van der Waals surface area contributed by atoms with Crippen molar-refractivity contribution in [2.75, 3.05) is 23.6 Å². The molecule has 3 heterocycles. The largest absolute Gasteiger partial charge is 0.454 e. The average molecular weight is 458 g/mol. The van der Waals surface area contributed by atoms with E-state index < -0.39 is 23.6 Å². The molecule has 2 aliphatic rings. The number of nitrogens with one attached hydrogen (secondary N) is 1. The smallest absolute Gasteiger partial charge is 0.416 e. The molecule has 5 rings (SSSR count). The maximum Gasteiger partial charge on any atom is 0.416 e. The van der Waals surface area contributed by atoms with Crippen molar-refractivity contribution in [3.8, 4) is 17.2 Å². The molecule has 33 heavy (non-hydrogen) atoms. The molecular formula is C22H17F3N4O4. The lowest BCUT2D eigenvalue weighted by molar-refractivity contribution is -0.137. The Bertz CT molecular complexity index is 1230. The van der Waals surface area contributed by atoms with Crippen LogP contribution in [-0.2, 0) is 15.8 Å². The first kappa shape index (κ1) is 20.9. The van der Waals surface area contributed by atoms with Crippen LogP contribution in [0.3, 0.4) is 0 Å². The number of carbonyl (C=O) groups is 2. The molecule has 0 bridgehead atoms. The minimum atomic E-state index is -4.58. The molecule has 2 aliphatic heterocycles. The van der Waals surface area contributed by atoms with Gasteiger partial charge in [0.1, 0.15) is 0 Å². The number of aromatic nitrogens is 2. The number of ether oxygens (including phenoxy) is 2. The summed E-state index contributed by atoms with van der Waals surface area (Å²) in [6.07, 6.45) is -1.63. The number of alkyl halides is 3. The summed E-state index contributed by atoms with van der Waals surface area (Å²) in [5, 5.41) is 6.60. The Balaban J connectivity index is 1.38. The van der Waals surface area contributed by atoms with Crippen LogP contribution in [0.25, 0.3) is 5.69 Å². The second kappa shape index (κ2) is 7.84. The van der Waals surface area contributed by atoms with Crippen LogP contribution >= 0.6 is 0 Å². The molecule has 1 aromatic heterocycles. The predicted molar refractivity (Wildman–Crippen MR) is 110 cm³/mol. The number of benzene rings is 2. The van der Waals surface area contributed by atoms with Crippen LogP contribution in [0.15, 0.2) is 54.9 Å². The number of nitrogens with zero attached hydrogens (tertiary/aromatic N) is 3. The maximum atomic E-state index is 13.3. The summed E-state index contributed by atoms with van der Waals surface area (Å²) >= 11 is 0. The number of fused-ring (bicyclic) bond motifs is 1. The van der Waals surface area contributed by atoms with E-state index in [4.69, 9.17) is 9.47 Å². The van der Waals surface area contributed by atoms with E-state index >= 15 is 0 Å². The van der Waals surface area contributed by atoms with Gasteiger partial charge in [0, 0.05) is 37.1 Å². The fourth-order valence-corrected chi connectivity index (χ4v) is 3.84. The third-order valence-electron chi connectivity index (χ3n) is 5.50. The normalized spacial score (nSPS) is 17.5. The standard InChI is InChI=1S/C22H17F3N4O4/c23-22(24,25)14-2-4-17(29-7-1-6-26-29)16(9-14)27-21(31)13-8-20(30)28(11-13)15-3-5-18-19(10-15)33-12-32-18/h1-7,9-10,13H,8,11-12H2,(H,27,31). The average Bonchev–Trinajstić information content (AvgIpc) is 3.53. The lowest BCUT2D eigenvalue weighted by Gasteiger charge is -2.18. The molecule has 11 heteroatoms. The summed E-state index contributed by atoms with van der Waals surface area (Å²) < 4.78 is 51.7. The van der Waals surface area contributed by atoms with Crippen molar-refractivity contribution < 1.29 is 32.2 Å². The Kier molecular flexibility index (Phi) is 4.95. The third kappa shape index (κ3) is 3.97. The molecule has 170 valence electrons. The summed E-state index contributed by atoms with van der Waals surface area (Å²) in [5.41, 5.74) is -0.125. The number of anilines is 2. The lowest BCUT2D eigenvalue weighted by atomic mass is 10.1. The van der Waals surface area contributed by atoms with Gasteiger partial charge in [-0.3, -0.25) is 9.59 Å². The minimum absolute atomic E-state index is 0.0486. The van der Waals surface area contributed by atoms with E-state index in [9.17, 15) is 22.8 Å². The molecule has 2 aromatic carbocycles. The topological polar surface area (TPSA) is 85.7 Å². The van der Waals surface area contributed by atoms with Crippen molar-refractivity contribution >= 4 is 23.2 Å². The van der Waals surface area contributed by atoms with Crippen LogP contribution in [0.1, 0.15) is 12.0 Å². The van der Waals surface area contributed by atoms with Crippen molar-refractivity contribution in [1.82, 2.24) is 9.78 Å². The van der Waals surface area contributed by atoms with Gasteiger partial charge in [-0.15, -0.1) is 0 Å². The zero-order chi connectivity index (χ0) is 23.2. The Morgan fingerprint density at radius 3 is 2.70 bits per heavy atom. The van der Waals surface area contributed by atoms with E-state index in [1.807, 2.05) is 0 Å². The van der Waals surface area contributed by atoms with Crippen molar-refractivity contribution in [2.24, 2.45) is 5.92 Å². The summed E-state index contributed by atoms with van der Waals surface area (Å²) in [7, 11) is 0. The molecule has 1 fully saturated rings. The van der Waals surface area contributed by atoms with E-state index in [2.05, 4.69) is 10.4 Å². The molecule has 1 saturated heterocycles. The van der Waals surface area contributed by atoms with Gasteiger partial charge in [0.15, 0.2) is 11.5 Å². The number of carbonyl (C=O) groups excluding carboxylic acids is 2. The van der Waals surface area contributed by atoms with E-state index in [-0.39, 0.29) is 37.0 Å². The van der Waals surface area contributed by atoms with Crippen LogP contribution in [-0.4, -0.2) is 34.9 Å². The predicted octanol–water partition coefficient (Wildman–Crippen LogP) is 3.61. The van der Waals surface area contributed by atoms with Crippen molar-refractivity contribution in [3.05, 3.63) is 60.4 Å². The molecule has 1 unspecified atom stereocenters. The molecular weight excluding hydrogens is 441 g/mol. The van der Waals surface area contributed by atoms with Crippen molar-refractivity contribution in [3.63, 3.8) is 0 Å². The van der Waals surface area contributed by atoms with Crippen molar-refractivity contribution in [1.29, 1.82) is 0 Å². The number of amides is 2. The van der Waals surface area contributed by atoms with Gasteiger partial charge in [0.25, 0.3) is 0 Å². The first-order valence-electron chi connectivity index (χ1n) is 10.0. The zero-order valence-corrected chi connectivity index (χ0v) is 17.0. The highest BCUT2D eigenvalue weighted by molar-refractivity contribution is 6.04. The highest BCUT2D eigenvalue weighted by Gasteiger charge is 2.37. The minimum Gasteiger partial charge on any atom is -0.454 e. The monoisotopic (exact) mass is 458 g/mol. The van der Waals surface area contributed by atoms with Gasteiger partial charge >= 0.3 is 6.18 Å². The van der Waals surface area contributed by atoms with Gasteiger partial charge in [-0.2, -0.15) is 18.3 Å². The second-order valence-electron chi connectivity index (χ2n) is 7.61. The van der Waals surface area contributed by atoms with Crippen LogP contribution in [0.2, 0.25) is 0 Å². The van der Waals surface area contributed by atoms with Gasteiger partial charge in [-0.25, -0.2) is 4.68 Å². The summed E-state index contributed by atoms with van der Waals surface area (Å²) in [5.74, 6) is -0.510. The fraction of sp³-hybridized carbons (Fsp3) is 0.227. The second-order valence-corrected chi connectivity index (χ2v) is 7.61. The number of hydrogen-bond acceptors (Lipinski definition) is 5. The van der Waals surface area contributed by atoms with Gasteiger partial charge in [-0.05, 0) is 36.4 Å². The summed E-state index contributed by atoms with van der Waals surface area (Å²) in [6, 6.07) is 9.66. The molecule has 0 spiro atoms. The van der Waals surface area contributed by atoms with Crippen molar-refractivity contribution in [2.45, 2.75) is 12.6 Å². The molecule has 0 saturated carbocycles.